The molecule has 21 rings (SSSR count). The van der Waals surface area contributed by atoms with Gasteiger partial charge in [-0.1, -0.05) is 45.9 Å². The van der Waals surface area contributed by atoms with Crippen LogP contribution < -0.4 is 50.3 Å². The first-order chi connectivity index (χ1) is 59.2. The fourth-order valence-electron chi connectivity index (χ4n) is 18.9. The van der Waals surface area contributed by atoms with Crippen LogP contribution >= 0.6 is 0 Å². The number of imidazole rings is 4. The highest BCUT2D eigenvalue weighted by Gasteiger charge is 2.32. The molecule has 4 N–H and O–H groups in total. The predicted molar refractivity (Wildman–Crippen MR) is 480 cm³/mol. The maximum atomic E-state index is 14.1. The van der Waals surface area contributed by atoms with Crippen LogP contribution in [-0.2, 0) is 0 Å². The Hall–Kier alpha value is -13.2. The van der Waals surface area contributed by atoms with E-state index < -0.39 is 0 Å². The second-order valence-corrected chi connectivity index (χ2v) is 33.5. The number of hydrogen-bond donors (Lipinski definition) is 4. The summed E-state index contributed by atoms with van der Waals surface area (Å²) >= 11 is 0. The molecule has 0 radical (unpaired) electrons. The highest BCUT2D eigenvalue weighted by molar-refractivity contribution is 6.12. The van der Waals surface area contributed by atoms with Gasteiger partial charge in [0, 0.05) is 180 Å². The number of nitrogens with zero attached hydrogens (tertiary/aromatic N) is 18. The van der Waals surface area contributed by atoms with Crippen molar-refractivity contribution in [2.24, 2.45) is 23.7 Å². The second-order valence-electron chi connectivity index (χ2n) is 33.5. The molecule has 122 heavy (non-hydrogen) atoms. The lowest BCUT2D eigenvalue weighted by atomic mass is 9.91. The lowest BCUT2D eigenvalue weighted by Gasteiger charge is -2.37. The summed E-state index contributed by atoms with van der Waals surface area (Å²) in [5, 5.41) is 15.0. The van der Waals surface area contributed by atoms with E-state index in [1.807, 2.05) is 124 Å². The van der Waals surface area contributed by atoms with Crippen LogP contribution in [0.25, 0.3) is 111 Å². The molecule has 17 heterocycles. The maximum absolute atomic E-state index is 14.1. The van der Waals surface area contributed by atoms with Crippen molar-refractivity contribution in [1.29, 1.82) is 0 Å². The lowest BCUT2D eigenvalue weighted by molar-refractivity contribution is 0.0950. The van der Waals surface area contributed by atoms with Crippen molar-refractivity contribution in [1.82, 2.24) is 88.5 Å². The molecule has 5 aliphatic heterocycles. The van der Waals surface area contributed by atoms with E-state index >= 15 is 0 Å². The maximum Gasteiger partial charge on any atom is 0.255 e. The van der Waals surface area contributed by atoms with Crippen molar-refractivity contribution in [2.75, 3.05) is 147 Å². The minimum Gasteiger partial charge on any atom is -0.454 e. The number of carbonyl (C=O) groups is 4. The van der Waals surface area contributed by atoms with Gasteiger partial charge in [-0.3, -0.25) is 36.8 Å². The number of pyridine rings is 8. The van der Waals surface area contributed by atoms with E-state index in [1.165, 1.54) is 25.0 Å². The molecule has 12 aromatic heterocycles. The monoisotopic (exact) mass is 1640 g/mol. The van der Waals surface area contributed by atoms with E-state index in [1.54, 1.807) is 37.8 Å². The van der Waals surface area contributed by atoms with Gasteiger partial charge in [0.15, 0.2) is 34.1 Å². The Kier molecular flexibility index (Phi) is 21.7. The first-order valence-corrected chi connectivity index (χ1v) is 42.4. The zero-order valence-corrected chi connectivity index (χ0v) is 70.8. The third-order valence-corrected chi connectivity index (χ3v) is 24.4. The smallest absolute Gasteiger partial charge is 0.255 e. The molecule has 16 aromatic rings. The van der Waals surface area contributed by atoms with E-state index in [0.717, 1.165) is 191 Å². The Morgan fingerprint density at radius 2 is 0.779 bits per heavy atom. The van der Waals surface area contributed by atoms with Gasteiger partial charge in [0.1, 0.15) is 28.4 Å². The first kappa shape index (κ1) is 79.9. The van der Waals surface area contributed by atoms with Crippen LogP contribution in [0.1, 0.15) is 107 Å². The molecule has 29 heteroatoms. The van der Waals surface area contributed by atoms with Crippen molar-refractivity contribution in [3.05, 3.63) is 180 Å². The van der Waals surface area contributed by atoms with Crippen LogP contribution in [0.2, 0.25) is 0 Å². The van der Waals surface area contributed by atoms with Gasteiger partial charge in [0.2, 0.25) is 6.79 Å². The molecule has 0 aliphatic carbocycles. The van der Waals surface area contributed by atoms with E-state index in [2.05, 4.69) is 128 Å². The van der Waals surface area contributed by atoms with Gasteiger partial charge >= 0.3 is 0 Å². The summed E-state index contributed by atoms with van der Waals surface area (Å²) in [5.74, 6) is 2.77. The molecule has 0 saturated carbocycles. The largest absolute Gasteiger partial charge is 0.454 e. The number of fused-ring (bicyclic) bond motifs is 21. The molecule has 0 spiro atoms. The van der Waals surface area contributed by atoms with Crippen LogP contribution in [-0.4, -0.2) is 218 Å². The standard InChI is InChI=1S/C24H27N5O.C23H24FN5O.C23H24N6O3.C23H26N6O/c1-4-25-24(30)18-12-17-20(28-13-15(2)11-16(3)14-28)9-10-26-22(17)29-21-8-6-5-7-19(21)27-23(18)29;1-13-8-14(2)12-28(11-13)19-6-7-26-21-16(19)10-17(23(30)25-3)22-27-18-5-4-15(24)9-20(18)29(21)22;1-24-23(30)15-10-14-17(28-7-3-6-27(2)8-9-28)4-5-25-21(14)29-18-12-20-19(31-13-32-20)11-16(18)26-22(15)29;1-15-5-6-18-20(13-15)29-21-16(14-17(22(29)26-18)23(30)24-2)19(7-8-25-21)28-10-4-9-27(3)11-12-28/h5-10,12,15-16H,4,11,13-14H2,1-3H3,(H,25,30);4-7,9-10,13-14H,8,11-12H2,1-3H3,(H,25,30);4-5,10-12H,3,6-9,13H2,1-2H3,(H,24,30);5-8,13-14H,4,9-12H2,1-3H3,(H,24,30)/t15-,16+;13-,14+;;. The molecule has 28 nitrogen and oxygen atoms in total. The van der Waals surface area contributed by atoms with Crippen LogP contribution in [0.5, 0.6) is 11.5 Å². The molecular formula is C93H101FN22O6. The number of hydrogen-bond acceptors (Lipinski definition) is 20. The molecule has 0 unspecified atom stereocenters. The number of anilines is 4. The van der Waals surface area contributed by atoms with Gasteiger partial charge in [0.05, 0.1) is 66.4 Å². The number of aryl methyl sites for hydroxylation is 1. The van der Waals surface area contributed by atoms with Crippen molar-refractivity contribution >= 4 is 157 Å². The molecule has 4 aromatic carbocycles. The quantitative estimate of drug-likeness (QED) is 0.104. The summed E-state index contributed by atoms with van der Waals surface area (Å²) in [6.45, 7) is 25.9. The summed E-state index contributed by atoms with van der Waals surface area (Å²) in [4.78, 5) is 104. The number of likely N-dealkylation sites (N-methyl/N-ethyl adjacent to an activating group) is 2. The van der Waals surface area contributed by atoms with Gasteiger partial charge in [-0.2, -0.15) is 0 Å². The molecule has 626 valence electrons. The molecule has 4 atom stereocenters. The topological polar surface area (TPSA) is 275 Å². The Labute approximate surface area is 704 Å². The average molecular weight is 1640 g/mol. The third kappa shape index (κ3) is 14.8. The molecule has 0 bridgehead atoms. The number of nitrogens with one attached hydrogen (secondary N) is 4. The summed E-state index contributed by atoms with van der Waals surface area (Å²) in [5.41, 5.74) is 19.6. The summed E-state index contributed by atoms with van der Waals surface area (Å²) < 4.78 is 33.0. The molecule has 4 fully saturated rings. The predicted octanol–water partition coefficient (Wildman–Crippen LogP) is 13.4. The number of rotatable bonds is 9. The first-order valence-electron chi connectivity index (χ1n) is 42.4. The van der Waals surface area contributed by atoms with Gasteiger partial charge in [-0.25, -0.2) is 44.3 Å². The zero-order chi connectivity index (χ0) is 84.5. The third-order valence-electron chi connectivity index (χ3n) is 24.4. The number of piperidine rings is 2. The second kappa shape index (κ2) is 33.1. The number of benzene rings is 4. The van der Waals surface area contributed by atoms with E-state index in [9.17, 15) is 23.6 Å². The molecule has 4 saturated heterocycles. The average Bonchev–Trinajstić information content (AvgIpc) is 1.66. The number of halogens is 1. The van der Waals surface area contributed by atoms with E-state index in [-0.39, 0.29) is 36.2 Å². The van der Waals surface area contributed by atoms with Gasteiger partial charge < -0.3 is 60.1 Å². The van der Waals surface area contributed by atoms with E-state index in [0.29, 0.717) is 103 Å². The number of para-hydroxylation sites is 2. The Morgan fingerprint density at radius 1 is 0.402 bits per heavy atom. The zero-order valence-electron chi connectivity index (χ0n) is 70.8. The van der Waals surface area contributed by atoms with Crippen molar-refractivity contribution in [2.45, 2.75) is 67.2 Å². The fourth-order valence-corrected chi connectivity index (χ4v) is 18.9. The highest BCUT2D eigenvalue weighted by atomic mass is 19.1. The van der Waals surface area contributed by atoms with Gasteiger partial charge in [-0.15, -0.1) is 0 Å². The van der Waals surface area contributed by atoms with Crippen LogP contribution in [0, 0.1) is 36.4 Å². The Morgan fingerprint density at radius 3 is 1.22 bits per heavy atom. The van der Waals surface area contributed by atoms with Crippen molar-refractivity contribution in [3.8, 4) is 11.5 Å². The summed E-state index contributed by atoms with van der Waals surface area (Å²) in [7, 11) is 9.22. The minimum absolute atomic E-state index is 0.102. The van der Waals surface area contributed by atoms with Gasteiger partial charge in [-0.05, 0) is 181 Å². The summed E-state index contributed by atoms with van der Waals surface area (Å²) in [6.07, 6.45) is 12.0. The minimum atomic E-state index is -0.349. The van der Waals surface area contributed by atoms with Crippen LogP contribution in [0.4, 0.5) is 27.1 Å². The normalized spacial score (nSPS) is 17.9. The SMILES string of the molecule is CCNC(=O)c1cc2c(N3C[C@H](C)C[C@H](C)C3)ccnc2n2c1nc1ccccc12.CNC(=O)c1cc2c(N3CCCN(C)CC3)ccnc2n2c1nc1cc3c(cc12)OCO3.CNC(=O)c1cc2c(N3CCCN(C)CC3)ccnc2n2c1nc1ccc(C)cc12.CNC(=O)c1cc2c(N3C[C@H](C)C[C@H](C)C3)ccnc2n2c1nc1ccc(F)cc12. The van der Waals surface area contributed by atoms with E-state index in [4.69, 9.17) is 39.4 Å². The molecule has 4 amide bonds. The van der Waals surface area contributed by atoms with Crippen LogP contribution in [0.15, 0.2) is 146 Å². The number of ether oxygens (including phenoxy) is 2. The number of carbonyl (C=O) groups excluding carboxylic acids is 4. The number of amides is 4. The lowest BCUT2D eigenvalue weighted by Crippen LogP contribution is -2.38. The fraction of sp³-hybridized carbons (Fsp3) is 0.355. The van der Waals surface area contributed by atoms with Crippen molar-refractivity contribution < 1.29 is 33.0 Å². The molecule has 5 aliphatic rings. The number of aromatic nitrogens is 12. The van der Waals surface area contributed by atoms with Crippen LogP contribution in [0.3, 0.4) is 0 Å². The highest BCUT2D eigenvalue weighted by Crippen LogP contribution is 2.42. The Balaban J connectivity index is 0.000000111. The van der Waals surface area contributed by atoms with Gasteiger partial charge in [0.25, 0.3) is 23.6 Å². The van der Waals surface area contributed by atoms with Crippen molar-refractivity contribution in [3.63, 3.8) is 0 Å². The molecular weight excluding hydrogens is 1540 g/mol. The Bertz CT molecular complexity index is 6820. The summed E-state index contributed by atoms with van der Waals surface area (Å²) in [6, 6.07) is 38.3.